The lowest BCUT2D eigenvalue weighted by molar-refractivity contribution is 0.0574. The van der Waals surface area contributed by atoms with Gasteiger partial charge in [-0.15, -0.1) is 16.4 Å². The highest BCUT2D eigenvalue weighted by atomic mass is 32.1. The highest BCUT2D eigenvalue weighted by molar-refractivity contribution is 7.09. The zero-order chi connectivity index (χ0) is 25.2. The number of aromatic amines is 1. The number of pyridine rings is 1. The second kappa shape index (κ2) is 10.8. The van der Waals surface area contributed by atoms with E-state index in [4.69, 9.17) is 4.74 Å². The molecule has 1 aliphatic heterocycles. The summed E-state index contributed by atoms with van der Waals surface area (Å²) in [5.74, 6) is 0.748. The number of tetrazole rings is 1. The average Bonchev–Trinajstić information content (AvgIpc) is 3.73. The number of hydrogen-bond acceptors (Lipinski definition) is 7. The van der Waals surface area contributed by atoms with E-state index in [-0.39, 0.29) is 23.7 Å². The third-order valence-corrected chi connectivity index (χ3v) is 8.70. The average molecular weight is 519 g/mol. The van der Waals surface area contributed by atoms with Crippen molar-refractivity contribution in [2.45, 2.75) is 76.6 Å². The third-order valence-electron chi connectivity index (χ3n) is 7.84. The Morgan fingerprint density at radius 2 is 2.08 bits per heavy atom. The van der Waals surface area contributed by atoms with Crippen LogP contribution in [0.3, 0.4) is 0 Å². The number of aromatic nitrogens is 5. The van der Waals surface area contributed by atoms with Gasteiger partial charge in [0.2, 0.25) is 0 Å². The molecular weight excluding hydrogens is 484 g/mol. The van der Waals surface area contributed by atoms with Crippen molar-refractivity contribution in [3.8, 4) is 0 Å². The van der Waals surface area contributed by atoms with Crippen LogP contribution in [-0.2, 0) is 17.7 Å². The van der Waals surface area contributed by atoms with E-state index in [1.807, 2.05) is 10.7 Å². The summed E-state index contributed by atoms with van der Waals surface area (Å²) in [6, 6.07) is 12.4. The Morgan fingerprint density at radius 3 is 2.84 bits per heavy atom. The summed E-state index contributed by atoms with van der Waals surface area (Å²) in [6.45, 7) is 4.35. The predicted octanol–water partition coefficient (Wildman–Crippen LogP) is 5.02. The van der Waals surface area contributed by atoms with Gasteiger partial charge in [-0.05, 0) is 83.1 Å². The molecule has 1 saturated carbocycles. The lowest BCUT2D eigenvalue weighted by Crippen LogP contribution is -2.39. The number of hydrogen-bond donors (Lipinski definition) is 1. The quantitative estimate of drug-likeness (QED) is 0.335. The summed E-state index contributed by atoms with van der Waals surface area (Å²) in [7, 11) is 0. The summed E-state index contributed by atoms with van der Waals surface area (Å²) in [5, 5.41) is 16.3. The van der Waals surface area contributed by atoms with Crippen LogP contribution in [0.5, 0.6) is 0 Å². The zero-order valence-corrected chi connectivity index (χ0v) is 22.1. The van der Waals surface area contributed by atoms with Gasteiger partial charge in [0.05, 0.1) is 12.1 Å². The highest BCUT2D eigenvalue weighted by Crippen LogP contribution is 2.35. The first-order chi connectivity index (χ1) is 18.2. The number of ether oxygens (including phenoxy) is 1. The SMILES string of the molecule is CCc1ccc2[nH]c(=O)c(C(c3nnnn3C3CCCC3)N(Cc3cccs3)CC3CCCO3)cc2c1. The molecule has 1 aromatic carbocycles. The van der Waals surface area contributed by atoms with Crippen molar-refractivity contribution >= 4 is 22.2 Å². The van der Waals surface area contributed by atoms with Crippen LogP contribution >= 0.6 is 11.3 Å². The monoisotopic (exact) mass is 518 g/mol. The Morgan fingerprint density at radius 1 is 1.19 bits per heavy atom. The van der Waals surface area contributed by atoms with Crippen molar-refractivity contribution in [3.63, 3.8) is 0 Å². The molecule has 2 aliphatic rings. The maximum Gasteiger partial charge on any atom is 0.253 e. The number of H-pyrrole nitrogens is 1. The fourth-order valence-corrected chi connectivity index (χ4v) is 6.63. The number of fused-ring (bicyclic) bond motifs is 1. The maximum atomic E-state index is 13.7. The highest BCUT2D eigenvalue weighted by Gasteiger charge is 2.35. The van der Waals surface area contributed by atoms with Crippen LogP contribution in [0.2, 0.25) is 0 Å². The Bertz CT molecular complexity index is 1390. The van der Waals surface area contributed by atoms with Crippen LogP contribution < -0.4 is 5.56 Å². The zero-order valence-electron chi connectivity index (χ0n) is 21.3. The molecule has 2 atom stereocenters. The number of benzene rings is 1. The number of rotatable bonds is 9. The van der Waals surface area contributed by atoms with Gasteiger partial charge >= 0.3 is 0 Å². The first-order valence-corrected chi connectivity index (χ1v) is 14.4. The van der Waals surface area contributed by atoms with Crippen molar-refractivity contribution in [2.24, 2.45) is 0 Å². The van der Waals surface area contributed by atoms with Gasteiger partial charge in [0, 0.05) is 35.7 Å². The minimum atomic E-state index is -0.389. The Balaban J connectivity index is 1.50. The summed E-state index contributed by atoms with van der Waals surface area (Å²) in [6.07, 6.45) is 7.65. The first-order valence-electron chi connectivity index (χ1n) is 13.5. The van der Waals surface area contributed by atoms with E-state index in [1.54, 1.807) is 11.3 Å². The molecule has 2 unspecified atom stereocenters. The largest absolute Gasteiger partial charge is 0.377 e. The number of thiophene rings is 1. The van der Waals surface area contributed by atoms with Gasteiger partial charge in [-0.2, -0.15) is 0 Å². The smallest absolute Gasteiger partial charge is 0.253 e. The summed E-state index contributed by atoms with van der Waals surface area (Å²) in [5.41, 5.74) is 2.69. The molecule has 8 nitrogen and oxygen atoms in total. The van der Waals surface area contributed by atoms with Gasteiger partial charge in [-0.25, -0.2) is 4.68 Å². The van der Waals surface area contributed by atoms with Gasteiger partial charge in [0.15, 0.2) is 5.82 Å². The van der Waals surface area contributed by atoms with Crippen molar-refractivity contribution < 1.29 is 4.74 Å². The van der Waals surface area contributed by atoms with E-state index in [2.05, 4.69) is 68.0 Å². The molecule has 1 saturated heterocycles. The normalized spacial score (nSPS) is 19.4. The van der Waals surface area contributed by atoms with Gasteiger partial charge < -0.3 is 9.72 Å². The summed E-state index contributed by atoms with van der Waals surface area (Å²) < 4.78 is 8.08. The van der Waals surface area contributed by atoms with Crippen molar-refractivity contribution in [1.29, 1.82) is 0 Å². The second-order valence-electron chi connectivity index (χ2n) is 10.3. The molecule has 194 valence electrons. The minimum Gasteiger partial charge on any atom is -0.377 e. The fraction of sp³-hybridized carbons (Fsp3) is 0.500. The molecule has 1 N–H and O–H groups in total. The number of aryl methyl sites for hydroxylation is 1. The minimum absolute atomic E-state index is 0.0914. The van der Waals surface area contributed by atoms with Crippen LogP contribution in [0.1, 0.15) is 79.4 Å². The second-order valence-corrected chi connectivity index (χ2v) is 11.3. The van der Waals surface area contributed by atoms with Gasteiger partial charge in [-0.1, -0.05) is 31.9 Å². The molecule has 3 aromatic heterocycles. The number of nitrogens with one attached hydrogen (secondary N) is 1. The predicted molar refractivity (Wildman–Crippen MR) is 145 cm³/mol. The van der Waals surface area contributed by atoms with Crippen LogP contribution in [0.15, 0.2) is 46.6 Å². The molecule has 0 radical (unpaired) electrons. The van der Waals surface area contributed by atoms with E-state index in [0.717, 1.165) is 55.4 Å². The molecule has 4 aromatic rings. The van der Waals surface area contributed by atoms with Gasteiger partial charge in [0.1, 0.15) is 6.04 Å². The van der Waals surface area contributed by atoms with E-state index in [0.29, 0.717) is 18.7 Å². The summed E-state index contributed by atoms with van der Waals surface area (Å²) >= 11 is 1.73. The molecule has 37 heavy (non-hydrogen) atoms. The van der Waals surface area contributed by atoms with Crippen molar-refractivity contribution in [3.05, 3.63) is 74.0 Å². The van der Waals surface area contributed by atoms with Crippen LogP contribution in [-0.4, -0.2) is 49.3 Å². The topological polar surface area (TPSA) is 88.9 Å². The molecular formula is C28H34N6O2S. The fourth-order valence-electron chi connectivity index (χ4n) is 5.90. The molecule has 2 fully saturated rings. The molecule has 1 aliphatic carbocycles. The molecule has 0 spiro atoms. The maximum absolute atomic E-state index is 13.7. The Labute approximate surface area is 220 Å². The summed E-state index contributed by atoms with van der Waals surface area (Å²) in [4.78, 5) is 20.5. The lowest BCUT2D eigenvalue weighted by atomic mass is 10.0. The molecule has 6 rings (SSSR count). The lowest BCUT2D eigenvalue weighted by Gasteiger charge is -2.33. The molecule has 0 amide bonds. The van der Waals surface area contributed by atoms with Gasteiger partial charge in [-0.3, -0.25) is 9.69 Å². The molecule has 4 heterocycles. The van der Waals surface area contributed by atoms with Crippen LogP contribution in [0, 0.1) is 0 Å². The standard InChI is InChI=1S/C28H34N6O2S/c1-2-19-11-12-25-20(15-19)16-24(28(35)29-25)26(27-30-31-32-34(27)21-7-3-4-8-21)33(17-22-9-5-13-36-22)18-23-10-6-14-37-23/h6,10-12,14-16,21-22,26H,2-5,7-9,13,17-18H2,1H3,(H,29,35). The third kappa shape index (κ3) is 5.12. The van der Waals surface area contributed by atoms with Crippen LogP contribution in [0.25, 0.3) is 10.9 Å². The van der Waals surface area contributed by atoms with Crippen molar-refractivity contribution in [1.82, 2.24) is 30.1 Å². The van der Waals surface area contributed by atoms with Crippen molar-refractivity contribution in [2.75, 3.05) is 13.2 Å². The van der Waals surface area contributed by atoms with Gasteiger partial charge in [0.25, 0.3) is 5.56 Å². The van der Waals surface area contributed by atoms with Crippen LogP contribution in [0.4, 0.5) is 0 Å². The molecule has 9 heteroatoms. The Hall–Kier alpha value is -2.88. The molecule has 0 bridgehead atoms. The first kappa shape index (κ1) is 24.5. The Kier molecular flexibility index (Phi) is 7.17. The number of nitrogens with zero attached hydrogens (tertiary/aromatic N) is 5. The van der Waals surface area contributed by atoms with E-state index in [1.165, 1.54) is 23.3 Å². The van der Waals surface area contributed by atoms with E-state index >= 15 is 0 Å². The van der Waals surface area contributed by atoms with E-state index in [9.17, 15) is 4.79 Å². The van der Waals surface area contributed by atoms with E-state index < -0.39 is 0 Å².